The van der Waals surface area contributed by atoms with Crippen molar-refractivity contribution >= 4 is 45.5 Å². The second kappa shape index (κ2) is 7.13. The van der Waals surface area contributed by atoms with Crippen LogP contribution in [0.4, 0.5) is 4.79 Å². The van der Waals surface area contributed by atoms with Gasteiger partial charge in [-0.05, 0) is 54.7 Å². The van der Waals surface area contributed by atoms with E-state index in [0.29, 0.717) is 12.0 Å². The number of nitrogens with one attached hydrogen (secondary N) is 1. The van der Waals surface area contributed by atoms with Crippen LogP contribution in [0.2, 0.25) is 5.02 Å². The van der Waals surface area contributed by atoms with Crippen molar-refractivity contribution in [3.8, 4) is 0 Å². The van der Waals surface area contributed by atoms with E-state index in [-0.39, 0.29) is 16.4 Å². The number of amides is 2. The van der Waals surface area contributed by atoms with Crippen molar-refractivity contribution in [2.24, 2.45) is 0 Å². The molecule has 1 aliphatic rings. The summed E-state index contributed by atoms with van der Waals surface area (Å²) < 4.78 is 5.46. The number of carbonyl (C=O) groups excluding carboxylic acids is 2. The molecule has 1 fully saturated rings. The van der Waals surface area contributed by atoms with E-state index < -0.39 is 0 Å². The molecule has 1 aromatic heterocycles. The Labute approximate surface area is 159 Å². The summed E-state index contributed by atoms with van der Waals surface area (Å²) in [6.07, 6.45) is 2.10. The molecular formula is C19H15ClN2O3S. The molecule has 4 rings (SSSR count). The van der Waals surface area contributed by atoms with Crippen LogP contribution in [0.25, 0.3) is 11.0 Å². The zero-order valence-electron chi connectivity index (χ0n) is 13.7. The van der Waals surface area contributed by atoms with Crippen molar-refractivity contribution in [1.82, 2.24) is 10.5 Å². The monoisotopic (exact) mass is 386 g/mol. The summed E-state index contributed by atoms with van der Waals surface area (Å²) in [6.45, 7) is 0. The van der Waals surface area contributed by atoms with Crippen LogP contribution in [-0.2, 0) is 24.1 Å². The molecule has 5 nitrogen and oxygen atoms in total. The molecule has 2 amide bonds. The third kappa shape index (κ3) is 3.61. The van der Waals surface area contributed by atoms with Gasteiger partial charge in [0.2, 0.25) is 5.91 Å². The van der Waals surface area contributed by atoms with Gasteiger partial charge >= 0.3 is 0 Å². The fourth-order valence-electron chi connectivity index (χ4n) is 3.00. The summed E-state index contributed by atoms with van der Waals surface area (Å²) in [5, 5.41) is 7.52. The van der Waals surface area contributed by atoms with Crippen molar-refractivity contribution < 1.29 is 14.1 Å². The minimum atomic E-state index is -0.382. The predicted octanol–water partition coefficient (Wildman–Crippen LogP) is 4.16. The highest BCUT2D eigenvalue weighted by molar-refractivity contribution is 8.15. The predicted molar refractivity (Wildman–Crippen MR) is 101 cm³/mol. The fraction of sp³-hybridized carbons (Fsp3) is 0.211. The van der Waals surface area contributed by atoms with E-state index in [1.165, 1.54) is 5.56 Å². The summed E-state index contributed by atoms with van der Waals surface area (Å²) in [4.78, 5) is 23.0. The molecule has 3 aromatic rings. The number of aryl methyl sites for hydroxylation is 2. The second-order valence-electron chi connectivity index (χ2n) is 6.17. The van der Waals surface area contributed by atoms with Crippen LogP contribution < -0.4 is 5.32 Å². The molecule has 1 saturated heterocycles. The Morgan fingerprint density at radius 3 is 2.58 bits per heavy atom. The van der Waals surface area contributed by atoms with Crippen LogP contribution >= 0.6 is 23.4 Å². The maximum absolute atomic E-state index is 11.7. The van der Waals surface area contributed by atoms with E-state index in [2.05, 4.69) is 10.5 Å². The Morgan fingerprint density at radius 1 is 1.08 bits per heavy atom. The maximum atomic E-state index is 11.7. The van der Waals surface area contributed by atoms with Crippen LogP contribution in [0.5, 0.6) is 0 Å². The zero-order valence-corrected chi connectivity index (χ0v) is 15.3. The molecule has 1 atom stereocenters. The lowest BCUT2D eigenvalue weighted by molar-refractivity contribution is -0.118. The van der Waals surface area contributed by atoms with Gasteiger partial charge in [0.15, 0.2) is 5.58 Å². The van der Waals surface area contributed by atoms with Crippen molar-refractivity contribution in [2.45, 2.75) is 24.5 Å². The minimum Gasteiger partial charge on any atom is -0.356 e. The van der Waals surface area contributed by atoms with Crippen LogP contribution in [0.3, 0.4) is 0 Å². The van der Waals surface area contributed by atoms with Crippen LogP contribution in [0, 0.1) is 0 Å². The number of nitrogens with zero attached hydrogens (tertiary/aromatic N) is 1. The smallest absolute Gasteiger partial charge is 0.286 e. The first-order valence-electron chi connectivity index (χ1n) is 8.21. The van der Waals surface area contributed by atoms with E-state index in [1.54, 1.807) is 0 Å². The Kier molecular flexibility index (Phi) is 4.70. The van der Waals surface area contributed by atoms with Gasteiger partial charge in [-0.3, -0.25) is 14.9 Å². The average Bonchev–Trinajstić information content (AvgIpc) is 3.17. The number of imide groups is 1. The van der Waals surface area contributed by atoms with Gasteiger partial charge in [-0.25, -0.2) is 0 Å². The molecule has 132 valence electrons. The number of benzene rings is 2. The van der Waals surface area contributed by atoms with Gasteiger partial charge in [-0.15, -0.1) is 0 Å². The molecule has 1 aliphatic heterocycles. The molecule has 1 N–H and O–H groups in total. The Balaban J connectivity index is 1.47. The Bertz CT molecular complexity index is 984. The third-order valence-corrected chi connectivity index (χ3v) is 5.60. The van der Waals surface area contributed by atoms with Crippen LogP contribution in [0.15, 0.2) is 47.0 Å². The molecule has 0 aliphatic carbocycles. The SMILES string of the molecule is O=C1NC(=O)C(Cc2ccc3c(CCc4ccc(Cl)cc4)noc3c2)S1. The molecule has 7 heteroatoms. The largest absolute Gasteiger partial charge is 0.356 e. The molecule has 0 bridgehead atoms. The highest BCUT2D eigenvalue weighted by Gasteiger charge is 2.31. The lowest BCUT2D eigenvalue weighted by atomic mass is 10.0. The van der Waals surface area contributed by atoms with Crippen molar-refractivity contribution in [2.75, 3.05) is 0 Å². The standard InChI is InChI=1S/C19H15ClN2O3S/c20-13-5-1-11(2-6-13)4-8-15-14-7-3-12(9-16(14)25-22-15)10-17-18(23)21-19(24)26-17/h1-3,5-7,9,17H,4,8,10H2,(H,21,23,24). The lowest BCUT2D eigenvalue weighted by Crippen LogP contribution is -2.25. The summed E-state index contributed by atoms with van der Waals surface area (Å²) >= 11 is 6.94. The highest BCUT2D eigenvalue weighted by Crippen LogP contribution is 2.26. The van der Waals surface area contributed by atoms with Crippen molar-refractivity contribution in [1.29, 1.82) is 0 Å². The van der Waals surface area contributed by atoms with E-state index in [4.69, 9.17) is 16.1 Å². The van der Waals surface area contributed by atoms with Crippen molar-refractivity contribution in [3.63, 3.8) is 0 Å². The first-order valence-corrected chi connectivity index (χ1v) is 9.47. The number of rotatable bonds is 5. The average molecular weight is 387 g/mol. The van der Waals surface area contributed by atoms with E-state index in [9.17, 15) is 9.59 Å². The van der Waals surface area contributed by atoms with Gasteiger partial charge in [-0.2, -0.15) is 0 Å². The van der Waals surface area contributed by atoms with Gasteiger partial charge in [0.25, 0.3) is 5.24 Å². The highest BCUT2D eigenvalue weighted by atomic mass is 35.5. The number of fused-ring (bicyclic) bond motifs is 1. The van der Waals surface area contributed by atoms with E-state index in [1.807, 2.05) is 42.5 Å². The van der Waals surface area contributed by atoms with Crippen LogP contribution in [0.1, 0.15) is 16.8 Å². The van der Waals surface area contributed by atoms with Gasteiger partial charge in [0, 0.05) is 10.4 Å². The topological polar surface area (TPSA) is 72.2 Å². The third-order valence-electron chi connectivity index (χ3n) is 4.36. The van der Waals surface area contributed by atoms with Gasteiger partial charge in [0.05, 0.1) is 10.9 Å². The summed E-state index contributed by atoms with van der Waals surface area (Å²) in [5.74, 6) is -0.235. The number of carbonyl (C=O) groups is 2. The molecule has 0 spiro atoms. The van der Waals surface area contributed by atoms with Gasteiger partial charge in [-0.1, -0.05) is 46.7 Å². The quantitative estimate of drug-likeness (QED) is 0.712. The first-order chi connectivity index (χ1) is 12.6. The summed E-state index contributed by atoms with van der Waals surface area (Å²) in [6, 6.07) is 13.6. The first kappa shape index (κ1) is 17.1. The normalized spacial score (nSPS) is 17.0. The number of thioether (sulfide) groups is 1. The fourth-order valence-corrected chi connectivity index (χ4v) is 3.98. The second-order valence-corrected chi connectivity index (χ2v) is 7.79. The molecule has 26 heavy (non-hydrogen) atoms. The van der Waals surface area contributed by atoms with E-state index >= 15 is 0 Å². The Morgan fingerprint density at radius 2 is 1.85 bits per heavy atom. The number of aromatic nitrogens is 1. The summed E-state index contributed by atoms with van der Waals surface area (Å²) in [7, 11) is 0. The Hall–Kier alpha value is -2.31. The molecule has 2 heterocycles. The number of hydrogen-bond acceptors (Lipinski definition) is 5. The molecule has 0 radical (unpaired) electrons. The number of hydrogen-bond donors (Lipinski definition) is 1. The summed E-state index contributed by atoms with van der Waals surface area (Å²) in [5.41, 5.74) is 3.74. The zero-order chi connectivity index (χ0) is 18.1. The van der Waals surface area contributed by atoms with E-state index in [0.717, 1.165) is 46.3 Å². The van der Waals surface area contributed by atoms with Gasteiger partial charge < -0.3 is 4.52 Å². The molecule has 2 aromatic carbocycles. The minimum absolute atomic E-state index is 0.235. The van der Waals surface area contributed by atoms with Crippen LogP contribution in [-0.4, -0.2) is 21.6 Å². The van der Waals surface area contributed by atoms with Crippen molar-refractivity contribution in [3.05, 3.63) is 64.3 Å². The molecule has 1 unspecified atom stereocenters. The number of halogens is 1. The maximum Gasteiger partial charge on any atom is 0.286 e. The molecule has 0 saturated carbocycles. The van der Waals surface area contributed by atoms with Gasteiger partial charge in [0.1, 0.15) is 0 Å². The molecular weight excluding hydrogens is 372 g/mol. The lowest BCUT2D eigenvalue weighted by Gasteiger charge is -2.05.